The average molecular weight is 317 g/mol. The van der Waals surface area contributed by atoms with Crippen LogP contribution in [0.3, 0.4) is 0 Å². The van der Waals surface area contributed by atoms with E-state index in [1.54, 1.807) is 18.4 Å². The molecule has 1 aliphatic rings. The molecule has 0 unspecified atom stereocenters. The van der Waals surface area contributed by atoms with E-state index < -0.39 is 0 Å². The van der Waals surface area contributed by atoms with Crippen molar-refractivity contribution < 1.29 is 14.0 Å². The minimum absolute atomic E-state index is 0.0224. The van der Waals surface area contributed by atoms with Crippen molar-refractivity contribution in [3.05, 3.63) is 83.3 Å². The van der Waals surface area contributed by atoms with Crippen molar-refractivity contribution in [2.24, 2.45) is 0 Å². The molecule has 0 atom stereocenters. The molecule has 24 heavy (non-hydrogen) atoms. The zero-order valence-corrected chi connectivity index (χ0v) is 12.9. The second kappa shape index (κ2) is 5.81. The number of carbonyl (C=O) groups excluding carboxylic acids is 2. The molecule has 4 rings (SSSR count). The zero-order chi connectivity index (χ0) is 16.5. The third-order valence-corrected chi connectivity index (χ3v) is 4.23. The van der Waals surface area contributed by atoms with Crippen molar-refractivity contribution in [1.82, 2.24) is 5.32 Å². The van der Waals surface area contributed by atoms with Gasteiger partial charge >= 0.3 is 0 Å². The van der Waals surface area contributed by atoms with Gasteiger partial charge in [0.15, 0.2) is 5.78 Å². The van der Waals surface area contributed by atoms with E-state index >= 15 is 0 Å². The highest BCUT2D eigenvalue weighted by Crippen LogP contribution is 2.36. The van der Waals surface area contributed by atoms with Crippen LogP contribution in [0.5, 0.6) is 0 Å². The van der Waals surface area contributed by atoms with E-state index in [4.69, 9.17) is 4.42 Å². The van der Waals surface area contributed by atoms with Crippen LogP contribution >= 0.6 is 0 Å². The monoisotopic (exact) mass is 317 g/mol. The molecule has 3 aromatic rings. The highest BCUT2D eigenvalue weighted by Gasteiger charge is 2.26. The number of carbonyl (C=O) groups is 2. The van der Waals surface area contributed by atoms with E-state index in [9.17, 15) is 9.59 Å². The predicted molar refractivity (Wildman–Crippen MR) is 90.1 cm³/mol. The Labute approximate surface area is 139 Å². The summed E-state index contributed by atoms with van der Waals surface area (Å²) in [7, 11) is 0. The van der Waals surface area contributed by atoms with Crippen LogP contribution in [0.15, 0.2) is 65.3 Å². The summed E-state index contributed by atoms with van der Waals surface area (Å²) in [6.07, 6.45) is 2.25. The first kappa shape index (κ1) is 14.5. The fourth-order valence-electron chi connectivity index (χ4n) is 3.03. The summed E-state index contributed by atoms with van der Waals surface area (Å²) >= 11 is 0. The minimum Gasteiger partial charge on any atom is -0.469 e. The number of furan rings is 1. The zero-order valence-electron chi connectivity index (χ0n) is 12.9. The molecule has 0 saturated heterocycles. The van der Waals surface area contributed by atoms with Gasteiger partial charge in [-0.2, -0.15) is 0 Å². The van der Waals surface area contributed by atoms with Gasteiger partial charge in [0.25, 0.3) is 5.91 Å². The summed E-state index contributed by atoms with van der Waals surface area (Å²) in [6.45, 7) is 0.484. The maximum Gasteiger partial charge on any atom is 0.251 e. The van der Waals surface area contributed by atoms with E-state index in [1.165, 1.54) is 0 Å². The largest absolute Gasteiger partial charge is 0.469 e. The Kier molecular flexibility index (Phi) is 3.50. The van der Waals surface area contributed by atoms with Crippen molar-refractivity contribution >= 4 is 11.7 Å². The van der Waals surface area contributed by atoms with Gasteiger partial charge in [-0.1, -0.05) is 30.3 Å². The Balaban J connectivity index is 1.52. The van der Waals surface area contributed by atoms with E-state index in [0.29, 0.717) is 29.7 Å². The lowest BCUT2D eigenvalue weighted by Crippen LogP contribution is -2.25. The summed E-state index contributed by atoms with van der Waals surface area (Å²) in [6, 6.07) is 16.5. The first-order valence-electron chi connectivity index (χ1n) is 7.83. The molecule has 2 aromatic carbocycles. The van der Waals surface area contributed by atoms with Crippen LogP contribution in [0.1, 0.15) is 32.0 Å². The van der Waals surface area contributed by atoms with Crippen molar-refractivity contribution in [3.63, 3.8) is 0 Å². The van der Waals surface area contributed by atoms with Gasteiger partial charge in [0.1, 0.15) is 5.76 Å². The van der Waals surface area contributed by atoms with Crippen molar-refractivity contribution in [1.29, 1.82) is 0 Å². The summed E-state index contributed by atoms with van der Waals surface area (Å²) in [4.78, 5) is 24.8. The molecule has 0 radical (unpaired) electrons. The number of ketones is 1. The molecule has 1 aliphatic carbocycles. The summed E-state index contributed by atoms with van der Waals surface area (Å²) in [5.74, 6) is 0.619. The third kappa shape index (κ3) is 2.42. The standard InChI is InChI=1S/C20H15NO3/c22-19-17-6-2-1-5-15(17)16-8-7-13(12-18(16)19)20(23)21-10-9-14-4-3-11-24-14/h1-8,11-12H,9-10H2,(H,21,23). The van der Waals surface area contributed by atoms with Crippen LogP contribution in [0, 0.1) is 0 Å². The van der Waals surface area contributed by atoms with Gasteiger partial charge < -0.3 is 9.73 Å². The second-order valence-electron chi connectivity index (χ2n) is 5.72. The molecule has 0 bridgehead atoms. The van der Waals surface area contributed by atoms with Crippen LogP contribution < -0.4 is 5.32 Å². The van der Waals surface area contributed by atoms with Crippen molar-refractivity contribution in [2.45, 2.75) is 6.42 Å². The molecule has 0 fully saturated rings. The van der Waals surface area contributed by atoms with Crippen LogP contribution in [0.2, 0.25) is 0 Å². The van der Waals surface area contributed by atoms with E-state index in [2.05, 4.69) is 5.32 Å². The number of rotatable bonds is 4. The lowest BCUT2D eigenvalue weighted by Gasteiger charge is -2.06. The quantitative estimate of drug-likeness (QED) is 0.627. The fraction of sp³-hybridized carbons (Fsp3) is 0.100. The molecule has 118 valence electrons. The number of fused-ring (bicyclic) bond motifs is 3. The molecule has 1 aromatic heterocycles. The maximum absolute atomic E-state index is 12.5. The van der Waals surface area contributed by atoms with Crippen molar-refractivity contribution in [3.8, 4) is 11.1 Å². The van der Waals surface area contributed by atoms with Crippen LogP contribution in [0.25, 0.3) is 11.1 Å². The Morgan fingerprint density at radius 1 is 0.917 bits per heavy atom. The number of benzene rings is 2. The Hall–Kier alpha value is -3.14. The van der Waals surface area contributed by atoms with Gasteiger partial charge in [-0.25, -0.2) is 0 Å². The topological polar surface area (TPSA) is 59.3 Å². The number of hydrogen-bond acceptors (Lipinski definition) is 3. The Morgan fingerprint density at radius 3 is 2.50 bits per heavy atom. The lowest BCUT2D eigenvalue weighted by molar-refractivity contribution is 0.0953. The van der Waals surface area contributed by atoms with Crippen molar-refractivity contribution in [2.75, 3.05) is 6.54 Å². The SMILES string of the molecule is O=C(NCCc1ccco1)c1ccc2c(c1)C(=O)c1ccccc1-2. The van der Waals surface area contributed by atoms with Gasteiger partial charge in [0, 0.05) is 29.7 Å². The normalized spacial score (nSPS) is 11.9. The molecular weight excluding hydrogens is 302 g/mol. The van der Waals surface area contributed by atoms with Crippen LogP contribution in [0.4, 0.5) is 0 Å². The van der Waals surface area contributed by atoms with E-state index in [-0.39, 0.29) is 11.7 Å². The molecular formula is C20H15NO3. The van der Waals surface area contributed by atoms with Gasteiger partial charge in [0.2, 0.25) is 0 Å². The number of hydrogen-bond donors (Lipinski definition) is 1. The molecule has 0 spiro atoms. The second-order valence-corrected chi connectivity index (χ2v) is 5.72. The Morgan fingerprint density at radius 2 is 1.71 bits per heavy atom. The highest BCUT2D eigenvalue weighted by molar-refractivity contribution is 6.22. The van der Waals surface area contributed by atoms with Gasteiger partial charge in [0.05, 0.1) is 6.26 Å². The summed E-state index contributed by atoms with van der Waals surface area (Å²) < 4.78 is 5.24. The smallest absolute Gasteiger partial charge is 0.251 e. The molecule has 1 amide bonds. The molecule has 4 heteroatoms. The van der Waals surface area contributed by atoms with Gasteiger partial charge in [-0.05, 0) is 35.4 Å². The van der Waals surface area contributed by atoms with Gasteiger partial charge in [-0.15, -0.1) is 0 Å². The first-order chi connectivity index (χ1) is 11.7. The minimum atomic E-state index is -0.187. The molecule has 1 heterocycles. The molecule has 4 nitrogen and oxygen atoms in total. The average Bonchev–Trinajstić information content (AvgIpc) is 3.22. The van der Waals surface area contributed by atoms with Crippen LogP contribution in [-0.2, 0) is 6.42 Å². The fourth-order valence-corrected chi connectivity index (χ4v) is 3.03. The third-order valence-electron chi connectivity index (χ3n) is 4.23. The first-order valence-corrected chi connectivity index (χ1v) is 7.83. The molecule has 0 saturated carbocycles. The van der Waals surface area contributed by atoms with Gasteiger partial charge in [-0.3, -0.25) is 9.59 Å². The molecule has 1 N–H and O–H groups in total. The molecule has 0 aliphatic heterocycles. The predicted octanol–water partition coefficient (Wildman–Crippen LogP) is 3.46. The van der Waals surface area contributed by atoms with E-state index in [1.807, 2.05) is 42.5 Å². The summed E-state index contributed by atoms with van der Waals surface area (Å²) in [5, 5.41) is 2.85. The Bertz CT molecular complexity index is 926. The van der Waals surface area contributed by atoms with Crippen LogP contribution in [-0.4, -0.2) is 18.2 Å². The summed E-state index contributed by atoms with van der Waals surface area (Å²) in [5.41, 5.74) is 3.61. The maximum atomic E-state index is 12.5. The lowest BCUT2D eigenvalue weighted by atomic mass is 10.0. The number of amides is 1. The highest BCUT2D eigenvalue weighted by atomic mass is 16.3. The van der Waals surface area contributed by atoms with E-state index in [0.717, 1.165) is 16.9 Å². The number of nitrogens with one attached hydrogen (secondary N) is 1.